The molecular weight excluding hydrogens is 396 g/mol. The van der Waals surface area contributed by atoms with E-state index < -0.39 is 11.7 Å². The van der Waals surface area contributed by atoms with Gasteiger partial charge in [0.25, 0.3) is 0 Å². The van der Waals surface area contributed by atoms with Crippen molar-refractivity contribution in [2.75, 3.05) is 11.9 Å². The van der Waals surface area contributed by atoms with Crippen molar-refractivity contribution in [2.24, 2.45) is 0 Å². The Balaban J connectivity index is 1.67. The molecule has 2 aromatic carbocycles. The van der Waals surface area contributed by atoms with Crippen LogP contribution in [0.2, 0.25) is 0 Å². The van der Waals surface area contributed by atoms with Crippen molar-refractivity contribution in [3.63, 3.8) is 0 Å². The SMILES string of the molecule is CC(C)(C)OC(=O)NCC(NC(=S)Nc1ccc2cnccc2c1)c1ccccc1. The summed E-state index contributed by atoms with van der Waals surface area (Å²) in [5.74, 6) is 0. The van der Waals surface area contributed by atoms with Crippen LogP contribution in [0, 0.1) is 0 Å². The van der Waals surface area contributed by atoms with Crippen molar-refractivity contribution >= 4 is 39.9 Å². The van der Waals surface area contributed by atoms with Gasteiger partial charge in [-0.15, -0.1) is 0 Å². The minimum atomic E-state index is -0.553. The first kappa shape index (κ1) is 21.5. The maximum absolute atomic E-state index is 12.1. The number of anilines is 1. The minimum Gasteiger partial charge on any atom is -0.444 e. The second kappa shape index (κ2) is 9.54. The number of hydrogen-bond donors (Lipinski definition) is 3. The normalized spacial score (nSPS) is 12.1. The number of nitrogens with zero attached hydrogens (tertiary/aromatic N) is 1. The number of hydrogen-bond acceptors (Lipinski definition) is 4. The number of benzene rings is 2. The largest absolute Gasteiger partial charge is 0.444 e. The Morgan fingerprint density at radius 3 is 2.60 bits per heavy atom. The molecule has 30 heavy (non-hydrogen) atoms. The van der Waals surface area contributed by atoms with Crippen molar-refractivity contribution < 1.29 is 9.53 Å². The number of nitrogens with one attached hydrogen (secondary N) is 3. The van der Waals surface area contributed by atoms with E-state index in [2.05, 4.69) is 20.9 Å². The Morgan fingerprint density at radius 1 is 1.10 bits per heavy atom. The van der Waals surface area contributed by atoms with Gasteiger partial charge < -0.3 is 20.7 Å². The molecule has 3 aromatic rings. The highest BCUT2D eigenvalue weighted by Crippen LogP contribution is 2.19. The van der Waals surface area contributed by atoms with Crippen LogP contribution in [-0.4, -0.2) is 28.3 Å². The van der Waals surface area contributed by atoms with E-state index in [0.29, 0.717) is 11.7 Å². The van der Waals surface area contributed by atoms with Crippen LogP contribution in [-0.2, 0) is 4.74 Å². The van der Waals surface area contributed by atoms with E-state index in [9.17, 15) is 4.79 Å². The maximum Gasteiger partial charge on any atom is 0.407 e. The lowest BCUT2D eigenvalue weighted by atomic mass is 10.1. The van der Waals surface area contributed by atoms with Crippen LogP contribution in [0.4, 0.5) is 10.5 Å². The van der Waals surface area contributed by atoms with Gasteiger partial charge in [-0.05, 0) is 62.1 Å². The van der Waals surface area contributed by atoms with Gasteiger partial charge in [-0.1, -0.05) is 36.4 Å². The highest BCUT2D eigenvalue weighted by molar-refractivity contribution is 7.80. The maximum atomic E-state index is 12.1. The Labute approximate surface area is 182 Å². The van der Waals surface area contributed by atoms with Crippen LogP contribution in [0.25, 0.3) is 10.8 Å². The van der Waals surface area contributed by atoms with Gasteiger partial charge in [0, 0.05) is 30.0 Å². The van der Waals surface area contributed by atoms with Gasteiger partial charge in [-0.3, -0.25) is 4.98 Å². The van der Waals surface area contributed by atoms with Gasteiger partial charge in [0.1, 0.15) is 5.60 Å². The van der Waals surface area contributed by atoms with Crippen molar-refractivity contribution in [3.8, 4) is 0 Å². The summed E-state index contributed by atoms with van der Waals surface area (Å²) in [6.07, 6.45) is 3.12. The van der Waals surface area contributed by atoms with E-state index >= 15 is 0 Å². The molecule has 3 rings (SSSR count). The molecule has 0 aliphatic heterocycles. The average Bonchev–Trinajstić information content (AvgIpc) is 2.70. The lowest BCUT2D eigenvalue weighted by molar-refractivity contribution is 0.0523. The molecule has 7 heteroatoms. The van der Waals surface area contributed by atoms with Crippen LogP contribution in [0.5, 0.6) is 0 Å². The molecule has 0 spiro atoms. The molecule has 1 heterocycles. The number of alkyl carbamates (subject to hydrolysis) is 1. The fourth-order valence-corrected chi connectivity index (χ4v) is 3.18. The van der Waals surface area contributed by atoms with E-state index in [1.807, 2.05) is 81.6 Å². The molecule has 0 saturated heterocycles. The lowest BCUT2D eigenvalue weighted by Crippen LogP contribution is -2.41. The molecule has 1 aromatic heterocycles. The van der Waals surface area contributed by atoms with E-state index in [-0.39, 0.29) is 6.04 Å². The summed E-state index contributed by atoms with van der Waals surface area (Å²) >= 11 is 5.52. The summed E-state index contributed by atoms with van der Waals surface area (Å²) in [6.45, 7) is 5.82. The van der Waals surface area contributed by atoms with Gasteiger partial charge in [0.2, 0.25) is 0 Å². The molecule has 3 N–H and O–H groups in total. The van der Waals surface area contributed by atoms with E-state index in [0.717, 1.165) is 22.0 Å². The zero-order valence-corrected chi connectivity index (χ0v) is 18.1. The monoisotopic (exact) mass is 422 g/mol. The molecule has 6 nitrogen and oxygen atoms in total. The van der Waals surface area contributed by atoms with Crippen LogP contribution in [0.15, 0.2) is 67.0 Å². The Hall–Kier alpha value is -3.19. The molecule has 0 radical (unpaired) electrons. The van der Waals surface area contributed by atoms with Crippen molar-refractivity contribution in [1.82, 2.24) is 15.6 Å². The van der Waals surface area contributed by atoms with Crippen molar-refractivity contribution in [2.45, 2.75) is 32.4 Å². The summed E-state index contributed by atoms with van der Waals surface area (Å²) in [4.78, 5) is 16.2. The highest BCUT2D eigenvalue weighted by atomic mass is 32.1. The van der Waals surface area contributed by atoms with Crippen molar-refractivity contribution in [1.29, 1.82) is 0 Å². The second-order valence-electron chi connectivity index (χ2n) is 7.88. The Kier molecular flexibility index (Phi) is 6.84. The predicted molar refractivity (Wildman–Crippen MR) is 125 cm³/mol. The molecule has 1 amide bonds. The Morgan fingerprint density at radius 2 is 1.87 bits per heavy atom. The first-order chi connectivity index (χ1) is 14.3. The third-order valence-corrected chi connectivity index (χ3v) is 4.48. The number of thiocarbonyl (C=S) groups is 1. The Bertz CT molecular complexity index is 1020. The summed E-state index contributed by atoms with van der Waals surface area (Å²) in [5, 5.41) is 11.9. The van der Waals surface area contributed by atoms with Crippen LogP contribution in [0.3, 0.4) is 0 Å². The average molecular weight is 423 g/mol. The molecule has 0 aliphatic carbocycles. The number of pyridine rings is 1. The van der Waals surface area contributed by atoms with Gasteiger partial charge >= 0.3 is 6.09 Å². The summed E-state index contributed by atoms with van der Waals surface area (Å²) < 4.78 is 5.33. The highest BCUT2D eigenvalue weighted by Gasteiger charge is 2.19. The van der Waals surface area contributed by atoms with E-state index in [1.165, 1.54) is 0 Å². The van der Waals surface area contributed by atoms with Crippen LogP contribution >= 0.6 is 12.2 Å². The number of amides is 1. The molecular formula is C23H26N4O2S. The topological polar surface area (TPSA) is 75.3 Å². The van der Waals surface area contributed by atoms with Crippen LogP contribution in [0.1, 0.15) is 32.4 Å². The number of fused-ring (bicyclic) bond motifs is 1. The van der Waals surface area contributed by atoms with Crippen molar-refractivity contribution in [3.05, 3.63) is 72.6 Å². The first-order valence-corrected chi connectivity index (χ1v) is 10.1. The standard InChI is InChI=1S/C23H26N4O2S/c1-23(2,3)29-22(28)25-15-20(16-7-5-4-6-8-16)27-21(30)26-19-10-9-18-14-24-12-11-17(18)13-19/h4-14,20H,15H2,1-3H3,(H,25,28)(H2,26,27,30). The number of rotatable bonds is 5. The molecule has 0 bridgehead atoms. The molecule has 0 fully saturated rings. The predicted octanol–water partition coefficient (Wildman–Crippen LogP) is 4.79. The third kappa shape index (κ3) is 6.42. The summed E-state index contributed by atoms with van der Waals surface area (Å²) in [6, 6.07) is 17.5. The second-order valence-corrected chi connectivity index (χ2v) is 8.29. The fourth-order valence-electron chi connectivity index (χ4n) is 2.92. The molecule has 1 atom stereocenters. The van der Waals surface area contributed by atoms with E-state index in [1.54, 1.807) is 6.20 Å². The zero-order chi connectivity index (χ0) is 21.6. The third-order valence-electron chi connectivity index (χ3n) is 4.26. The molecule has 156 valence electrons. The lowest BCUT2D eigenvalue weighted by Gasteiger charge is -2.24. The molecule has 0 saturated carbocycles. The van der Waals surface area contributed by atoms with Gasteiger partial charge in [0.05, 0.1) is 6.04 Å². The van der Waals surface area contributed by atoms with Gasteiger partial charge in [-0.2, -0.15) is 0 Å². The van der Waals surface area contributed by atoms with Gasteiger partial charge in [0.15, 0.2) is 5.11 Å². The zero-order valence-electron chi connectivity index (χ0n) is 17.3. The number of aromatic nitrogens is 1. The number of carbonyl (C=O) groups excluding carboxylic acids is 1. The number of ether oxygens (including phenoxy) is 1. The molecule has 1 unspecified atom stereocenters. The number of carbonyl (C=O) groups is 1. The fraction of sp³-hybridized carbons (Fsp3) is 0.261. The quantitative estimate of drug-likeness (QED) is 0.514. The van der Waals surface area contributed by atoms with Crippen LogP contribution < -0.4 is 16.0 Å². The summed E-state index contributed by atoms with van der Waals surface area (Å²) in [7, 11) is 0. The molecule has 0 aliphatic rings. The summed E-state index contributed by atoms with van der Waals surface area (Å²) in [5.41, 5.74) is 1.32. The smallest absolute Gasteiger partial charge is 0.407 e. The van der Waals surface area contributed by atoms with E-state index in [4.69, 9.17) is 17.0 Å². The minimum absolute atomic E-state index is 0.219. The first-order valence-electron chi connectivity index (χ1n) is 9.73. The van der Waals surface area contributed by atoms with Gasteiger partial charge in [-0.25, -0.2) is 4.79 Å².